The minimum atomic E-state index is -0.504. The van der Waals surface area contributed by atoms with Gasteiger partial charge in [0.25, 0.3) is 5.91 Å². The molecule has 25 heavy (non-hydrogen) atoms. The van der Waals surface area contributed by atoms with Crippen LogP contribution in [0.3, 0.4) is 0 Å². The Morgan fingerprint density at radius 2 is 1.64 bits per heavy atom. The van der Waals surface area contributed by atoms with Crippen molar-refractivity contribution in [2.45, 2.75) is 57.7 Å². The van der Waals surface area contributed by atoms with E-state index < -0.39 is 11.1 Å². The molecule has 1 N–H and O–H groups in total. The van der Waals surface area contributed by atoms with Gasteiger partial charge in [-0.1, -0.05) is 5.22 Å². The SMILES string of the molecule is CN(C)N=Nc1ccc(C(=O)NC2CC(C)(C)N([O])C(C)(C)C2)cc1. The maximum Gasteiger partial charge on any atom is 0.251 e. The first-order chi connectivity index (χ1) is 11.5. The van der Waals surface area contributed by atoms with Gasteiger partial charge in [-0.25, -0.2) is 0 Å². The fourth-order valence-corrected chi connectivity index (χ4v) is 3.45. The number of nitrogens with one attached hydrogen (secondary N) is 1. The monoisotopic (exact) mass is 346 g/mol. The normalized spacial score (nSPS) is 20.6. The van der Waals surface area contributed by atoms with Gasteiger partial charge in [0.15, 0.2) is 0 Å². The highest BCUT2D eigenvalue weighted by atomic mass is 16.5. The zero-order chi connectivity index (χ0) is 18.8. The molecule has 1 saturated heterocycles. The van der Waals surface area contributed by atoms with Crippen molar-refractivity contribution in [2.24, 2.45) is 10.3 Å². The molecule has 7 nitrogen and oxygen atoms in total. The Labute approximate surface area is 149 Å². The van der Waals surface area contributed by atoms with Gasteiger partial charge in [-0.2, -0.15) is 0 Å². The van der Waals surface area contributed by atoms with E-state index in [0.29, 0.717) is 24.1 Å². The molecule has 137 valence electrons. The van der Waals surface area contributed by atoms with Gasteiger partial charge in [0.2, 0.25) is 0 Å². The molecule has 1 amide bonds. The van der Waals surface area contributed by atoms with Crippen LogP contribution in [0.4, 0.5) is 5.69 Å². The van der Waals surface area contributed by atoms with Crippen LogP contribution >= 0.6 is 0 Å². The summed E-state index contributed by atoms with van der Waals surface area (Å²) in [5.41, 5.74) is 0.253. The van der Waals surface area contributed by atoms with Gasteiger partial charge >= 0.3 is 0 Å². The first-order valence-corrected chi connectivity index (χ1v) is 8.49. The average Bonchev–Trinajstić information content (AvgIpc) is 2.50. The number of rotatable bonds is 4. The van der Waals surface area contributed by atoms with Crippen molar-refractivity contribution < 1.29 is 10.0 Å². The second-order valence-corrected chi connectivity index (χ2v) is 8.08. The third-order valence-corrected chi connectivity index (χ3v) is 4.40. The highest BCUT2D eigenvalue weighted by molar-refractivity contribution is 5.94. The number of nitrogens with zero attached hydrogens (tertiary/aromatic N) is 4. The predicted octanol–water partition coefficient (Wildman–Crippen LogP) is 3.34. The number of hydroxylamine groups is 2. The van der Waals surface area contributed by atoms with Crippen LogP contribution in [0.2, 0.25) is 0 Å². The molecule has 1 aromatic carbocycles. The van der Waals surface area contributed by atoms with E-state index in [1.54, 1.807) is 43.4 Å². The first kappa shape index (κ1) is 19.3. The zero-order valence-corrected chi connectivity index (χ0v) is 15.9. The van der Waals surface area contributed by atoms with Crippen molar-refractivity contribution in [3.8, 4) is 0 Å². The molecular weight excluding hydrogens is 318 g/mol. The summed E-state index contributed by atoms with van der Waals surface area (Å²) in [7, 11) is 3.59. The van der Waals surface area contributed by atoms with Crippen molar-refractivity contribution in [3.05, 3.63) is 29.8 Å². The lowest BCUT2D eigenvalue weighted by atomic mass is 9.79. The minimum absolute atomic E-state index is 0.0317. The smallest absolute Gasteiger partial charge is 0.251 e. The molecule has 1 heterocycles. The quantitative estimate of drug-likeness (QED) is 0.670. The Kier molecular flexibility index (Phi) is 5.49. The van der Waals surface area contributed by atoms with Gasteiger partial charge in [-0.3, -0.25) is 9.80 Å². The van der Waals surface area contributed by atoms with Crippen molar-refractivity contribution in [2.75, 3.05) is 14.1 Å². The van der Waals surface area contributed by atoms with E-state index in [0.717, 1.165) is 5.06 Å². The summed E-state index contributed by atoms with van der Waals surface area (Å²) in [6, 6.07) is 6.96. The third kappa shape index (κ3) is 4.76. The lowest BCUT2D eigenvalue weighted by Crippen LogP contribution is -2.62. The van der Waals surface area contributed by atoms with Crippen molar-refractivity contribution in [1.82, 2.24) is 15.4 Å². The maximum absolute atomic E-state index is 12.5. The summed E-state index contributed by atoms with van der Waals surface area (Å²) in [6.07, 6.45) is 1.25. The molecule has 7 heteroatoms. The predicted molar refractivity (Wildman–Crippen MR) is 95.8 cm³/mol. The molecule has 1 aliphatic heterocycles. The summed E-state index contributed by atoms with van der Waals surface area (Å²) in [6.45, 7) is 7.68. The number of hydrogen-bond acceptors (Lipinski definition) is 4. The molecule has 1 aliphatic rings. The first-order valence-electron chi connectivity index (χ1n) is 8.49. The highest BCUT2D eigenvalue weighted by Gasteiger charge is 2.46. The number of carbonyl (C=O) groups excluding carboxylic acids is 1. The average molecular weight is 346 g/mol. The Balaban J connectivity index is 2.04. The number of piperidine rings is 1. The summed E-state index contributed by atoms with van der Waals surface area (Å²) in [5, 5.41) is 26.2. The molecule has 1 radical (unpaired) electrons. The second kappa shape index (κ2) is 7.09. The van der Waals surface area contributed by atoms with Crippen LogP contribution in [0.1, 0.15) is 50.9 Å². The number of carbonyl (C=O) groups is 1. The number of benzene rings is 1. The lowest BCUT2D eigenvalue weighted by molar-refractivity contribution is -0.289. The molecular formula is C18H28N5O2. The Bertz CT molecular complexity index is 619. The van der Waals surface area contributed by atoms with Crippen molar-refractivity contribution >= 4 is 11.6 Å². The van der Waals surface area contributed by atoms with E-state index >= 15 is 0 Å². The Morgan fingerprint density at radius 3 is 2.12 bits per heavy atom. The molecule has 2 rings (SSSR count). The topological polar surface area (TPSA) is 80.2 Å². The molecule has 0 atom stereocenters. The lowest BCUT2D eigenvalue weighted by Gasteiger charge is -2.50. The van der Waals surface area contributed by atoms with Crippen LogP contribution in [0.15, 0.2) is 34.6 Å². The van der Waals surface area contributed by atoms with Gasteiger partial charge in [-0.05, 0) is 64.8 Å². The maximum atomic E-state index is 12.5. The largest absolute Gasteiger partial charge is 0.349 e. The van der Waals surface area contributed by atoms with Crippen LogP contribution in [-0.4, -0.2) is 47.2 Å². The molecule has 0 spiro atoms. The summed E-state index contributed by atoms with van der Waals surface area (Å²) in [5.74, 6) is -0.132. The summed E-state index contributed by atoms with van der Waals surface area (Å²) < 4.78 is 0. The van der Waals surface area contributed by atoms with Crippen molar-refractivity contribution in [3.63, 3.8) is 0 Å². The van der Waals surface area contributed by atoms with E-state index in [9.17, 15) is 10.0 Å². The van der Waals surface area contributed by atoms with E-state index in [1.165, 1.54) is 0 Å². The second-order valence-electron chi connectivity index (χ2n) is 8.08. The number of hydrogen-bond donors (Lipinski definition) is 1. The molecule has 0 saturated carbocycles. The van der Waals surface area contributed by atoms with Gasteiger partial charge in [-0.15, -0.1) is 15.4 Å². The number of amides is 1. The fourth-order valence-electron chi connectivity index (χ4n) is 3.45. The van der Waals surface area contributed by atoms with Crippen LogP contribution < -0.4 is 5.32 Å². The molecule has 0 bridgehead atoms. The van der Waals surface area contributed by atoms with E-state index in [4.69, 9.17) is 0 Å². The standard InChI is InChI=1S/C18H28N5O2/c1-17(2)11-15(12-18(3,4)23(17)25)19-16(24)13-7-9-14(10-8-13)20-21-22(5)6/h7-10,15H,11-12H2,1-6H3,(H,19,24). The Morgan fingerprint density at radius 1 is 1.12 bits per heavy atom. The molecule has 0 aliphatic carbocycles. The van der Waals surface area contributed by atoms with Crippen LogP contribution in [0, 0.1) is 0 Å². The fraction of sp³-hybridized carbons (Fsp3) is 0.611. The molecule has 0 unspecified atom stereocenters. The van der Waals surface area contributed by atoms with E-state index in [1.807, 2.05) is 27.7 Å². The van der Waals surface area contributed by atoms with Gasteiger partial charge in [0.05, 0.1) is 5.69 Å². The van der Waals surface area contributed by atoms with Crippen LogP contribution in [0.25, 0.3) is 0 Å². The molecule has 0 aromatic heterocycles. The highest BCUT2D eigenvalue weighted by Crippen LogP contribution is 2.37. The van der Waals surface area contributed by atoms with E-state index in [2.05, 4.69) is 15.7 Å². The third-order valence-electron chi connectivity index (χ3n) is 4.40. The molecule has 1 fully saturated rings. The zero-order valence-electron chi connectivity index (χ0n) is 15.9. The van der Waals surface area contributed by atoms with E-state index in [-0.39, 0.29) is 11.9 Å². The van der Waals surface area contributed by atoms with Crippen LogP contribution in [-0.2, 0) is 5.21 Å². The van der Waals surface area contributed by atoms with Gasteiger partial charge in [0.1, 0.15) is 0 Å². The minimum Gasteiger partial charge on any atom is -0.349 e. The molecule has 1 aromatic rings. The van der Waals surface area contributed by atoms with Gasteiger partial charge < -0.3 is 5.32 Å². The van der Waals surface area contributed by atoms with Crippen molar-refractivity contribution in [1.29, 1.82) is 0 Å². The van der Waals surface area contributed by atoms with Crippen LogP contribution in [0.5, 0.6) is 0 Å². The Hall–Kier alpha value is -1.99. The van der Waals surface area contributed by atoms with Gasteiger partial charge in [0, 0.05) is 36.8 Å². The summed E-state index contributed by atoms with van der Waals surface area (Å²) >= 11 is 0. The summed E-state index contributed by atoms with van der Waals surface area (Å²) in [4.78, 5) is 12.5.